The number of sulfone groups is 1. The molecule has 0 fully saturated rings. The third kappa shape index (κ3) is 5.70. The van der Waals surface area contributed by atoms with Gasteiger partial charge in [-0.15, -0.1) is 0 Å². The Morgan fingerprint density at radius 3 is 2.42 bits per heavy atom. The van der Waals surface area contributed by atoms with E-state index >= 15 is 0 Å². The van der Waals surface area contributed by atoms with Crippen LogP contribution in [0.1, 0.15) is 18.1 Å². The second-order valence-corrected chi connectivity index (χ2v) is 7.69. The molecule has 2 aromatic rings. The quantitative estimate of drug-likeness (QED) is 0.795. The highest BCUT2D eigenvalue weighted by atomic mass is 32.2. The lowest BCUT2D eigenvalue weighted by molar-refractivity contribution is -0.118. The van der Waals surface area contributed by atoms with Crippen LogP contribution in [-0.4, -0.2) is 25.8 Å². The topological polar surface area (TPSA) is 72.5 Å². The van der Waals surface area contributed by atoms with Crippen LogP contribution in [0.25, 0.3) is 0 Å². The molecule has 0 radical (unpaired) electrons. The summed E-state index contributed by atoms with van der Waals surface area (Å²) in [6, 6.07) is 17.1. The summed E-state index contributed by atoms with van der Waals surface area (Å²) in [5.41, 5.74) is 1.85. The predicted octanol–water partition coefficient (Wildman–Crippen LogP) is 2.32. The Morgan fingerprint density at radius 1 is 1.04 bits per heavy atom. The van der Waals surface area contributed by atoms with Gasteiger partial charge in [0.15, 0.2) is 9.84 Å². The maximum Gasteiger partial charge on any atom is 0.235 e. The maximum absolute atomic E-state index is 11.8. The zero-order valence-corrected chi connectivity index (χ0v) is 14.4. The van der Waals surface area contributed by atoms with Crippen LogP contribution in [0.3, 0.4) is 0 Å². The van der Waals surface area contributed by atoms with Gasteiger partial charge in [0, 0.05) is 17.9 Å². The lowest BCUT2D eigenvalue weighted by Crippen LogP contribution is -2.30. The van der Waals surface area contributed by atoms with E-state index in [1.54, 1.807) is 0 Å². The summed E-state index contributed by atoms with van der Waals surface area (Å²) < 4.78 is 28.7. The van der Waals surface area contributed by atoms with E-state index in [4.69, 9.17) is 4.74 Å². The molecular formula is C18H21NO4S. The second kappa shape index (κ2) is 8.49. The van der Waals surface area contributed by atoms with Crippen LogP contribution < -0.4 is 10.1 Å². The molecule has 0 aromatic heterocycles. The number of amides is 1. The smallest absolute Gasteiger partial charge is 0.235 e. The van der Waals surface area contributed by atoms with E-state index in [0.29, 0.717) is 12.4 Å². The van der Waals surface area contributed by atoms with Crippen molar-refractivity contribution in [2.24, 2.45) is 0 Å². The minimum absolute atomic E-state index is 0.0445. The molecule has 1 amide bonds. The molecular weight excluding hydrogens is 326 g/mol. The van der Waals surface area contributed by atoms with Crippen LogP contribution in [-0.2, 0) is 27.8 Å². The molecule has 5 nitrogen and oxygen atoms in total. The number of para-hydroxylation sites is 1. The van der Waals surface area contributed by atoms with Gasteiger partial charge >= 0.3 is 0 Å². The summed E-state index contributed by atoms with van der Waals surface area (Å²) in [6.45, 7) is 2.17. The number of hydrogen-bond donors (Lipinski definition) is 1. The number of carbonyl (C=O) groups excluding carboxylic acids is 1. The van der Waals surface area contributed by atoms with Crippen molar-refractivity contribution in [3.63, 3.8) is 0 Å². The molecule has 0 saturated carbocycles. The van der Waals surface area contributed by atoms with E-state index in [0.717, 1.165) is 11.1 Å². The molecule has 2 aromatic carbocycles. The van der Waals surface area contributed by atoms with E-state index in [2.05, 4.69) is 5.32 Å². The molecule has 2 rings (SSSR count). The van der Waals surface area contributed by atoms with Gasteiger partial charge in [0.05, 0.1) is 0 Å². The largest absolute Gasteiger partial charge is 0.489 e. The predicted molar refractivity (Wildman–Crippen MR) is 93.4 cm³/mol. The van der Waals surface area contributed by atoms with Crippen molar-refractivity contribution in [3.8, 4) is 5.75 Å². The number of hydrogen-bond acceptors (Lipinski definition) is 4. The molecule has 0 unspecified atom stereocenters. The molecule has 0 aliphatic heterocycles. The summed E-state index contributed by atoms with van der Waals surface area (Å²) in [4.78, 5) is 11.8. The van der Waals surface area contributed by atoms with E-state index in [9.17, 15) is 13.2 Å². The Balaban J connectivity index is 1.95. The van der Waals surface area contributed by atoms with Gasteiger partial charge in [-0.05, 0) is 11.6 Å². The van der Waals surface area contributed by atoms with Crippen LogP contribution in [0.2, 0.25) is 0 Å². The highest BCUT2D eigenvalue weighted by Gasteiger charge is 2.14. The van der Waals surface area contributed by atoms with Crippen molar-refractivity contribution in [2.75, 3.05) is 11.5 Å². The van der Waals surface area contributed by atoms with E-state index in [1.807, 2.05) is 54.6 Å². The highest BCUT2D eigenvalue weighted by molar-refractivity contribution is 7.92. The number of benzene rings is 2. The second-order valence-electron chi connectivity index (χ2n) is 5.34. The van der Waals surface area contributed by atoms with Crippen molar-refractivity contribution in [1.29, 1.82) is 0 Å². The summed E-state index contributed by atoms with van der Waals surface area (Å²) in [5, 5.41) is 2.63. The van der Waals surface area contributed by atoms with Crippen LogP contribution in [0.5, 0.6) is 5.75 Å². The molecule has 0 spiro atoms. The van der Waals surface area contributed by atoms with E-state index < -0.39 is 21.5 Å². The first-order chi connectivity index (χ1) is 11.5. The monoisotopic (exact) mass is 347 g/mol. The number of rotatable bonds is 8. The maximum atomic E-state index is 11.8. The van der Waals surface area contributed by atoms with E-state index in [1.165, 1.54) is 6.92 Å². The van der Waals surface area contributed by atoms with Crippen LogP contribution >= 0.6 is 0 Å². The normalized spacial score (nSPS) is 11.0. The summed E-state index contributed by atoms with van der Waals surface area (Å²) in [6.07, 6.45) is 0. The average Bonchev–Trinajstić information content (AvgIpc) is 2.59. The lowest BCUT2D eigenvalue weighted by Gasteiger charge is -2.12. The molecule has 6 heteroatoms. The fourth-order valence-corrected chi connectivity index (χ4v) is 2.78. The summed E-state index contributed by atoms with van der Waals surface area (Å²) in [7, 11) is -3.32. The fraction of sp³-hybridized carbons (Fsp3) is 0.278. The van der Waals surface area contributed by atoms with Gasteiger partial charge in [-0.3, -0.25) is 4.79 Å². The molecule has 0 heterocycles. The standard InChI is InChI=1S/C18H21NO4S/c1-2-24(21,22)14-18(20)19-12-16-10-6-7-11-17(16)23-13-15-8-4-3-5-9-15/h3-11H,2,12-14H2,1H3,(H,19,20). The first-order valence-corrected chi connectivity index (χ1v) is 9.54. The zero-order valence-electron chi connectivity index (χ0n) is 13.6. The lowest BCUT2D eigenvalue weighted by atomic mass is 10.2. The molecule has 0 bridgehead atoms. The van der Waals surface area contributed by atoms with Crippen molar-refractivity contribution < 1.29 is 17.9 Å². The van der Waals surface area contributed by atoms with Gasteiger partial charge in [-0.1, -0.05) is 55.5 Å². The third-order valence-corrected chi connectivity index (χ3v) is 5.06. The van der Waals surface area contributed by atoms with Crippen molar-refractivity contribution in [2.45, 2.75) is 20.1 Å². The van der Waals surface area contributed by atoms with Crippen molar-refractivity contribution in [1.82, 2.24) is 5.32 Å². The van der Waals surface area contributed by atoms with Gasteiger partial charge < -0.3 is 10.1 Å². The Morgan fingerprint density at radius 2 is 1.71 bits per heavy atom. The minimum atomic E-state index is -3.32. The Bertz CT molecular complexity index is 773. The van der Waals surface area contributed by atoms with Crippen molar-refractivity contribution in [3.05, 3.63) is 65.7 Å². The number of nitrogens with one attached hydrogen (secondary N) is 1. The van der Waals surface area contributed by atoms with Gasteiger partial charge in [0.2, 0.25) is 5.91 Å². The van der Waals surface area contributed by atoms with Gasteiger partial charge in [-0.2, -0.15) is 0 Å². The summed E-state index contributed by atoms with van der Waals surface area (Å²) >= 11 is 0. The van der Waals surface area contributed by atoms with Crippen molar-refractivity contribution >= 4 is 15.7 Å². The minimum Gasteiger partial charge on any atom is -0.489 e. The summed E-state index contributed by atoms with van der Waals surface area (Å²) in [5.74, 6) is -0.372. The molecule has 0 aliphatic rings. The Hall–Kier alpha value is -2.34. The molecule has 128 valence electrons. The SMILES string of the molecule is CCS(=O)(=O)CC(=O)NCc1ccccc1OCc1ccccc1. The van der Waals surface area contributed by atoms with E-state index in [-0.39, 0.29) is 12.3 Å². The van der Waals surface area contributed by atoms with Gasteiger partial charge in [-0.25, -0.2) is 8.42 Å². The zero-order chi connectivity index (χ0) is 17.4. The molecule has 24 heavy (non-hydrogen) atoms. The highest BCUT2D eigenvalue weighted by Crippen LogP contribution is 2.19. The molecule has 0 saturated heterocycles. The third-order valence-electron chi connectivity index (χ3n) is 3.48. The first kappa shape index (κ1) is 18.0. The van der Waals surface area contributed by atoms with Crippen LogP contribution in [0, 0.1) is 0 Å². The molecule has 0 atom stereocenters. The molecule has 1 N–H and O–H groups in total. The van der Waals surface area contributed by atoms with Crippen LogP contribution in [0.4, 0.5) is 0 Å². The number of carbonyl (C=O) groups is 1. The van der Waals surface area contributed by atoms with Gasteiger partial charge in [0.1, 0.15) is 18.1 Å². The fourth-order valence-electron chi connectivity index (χ4n) is 2.07. The Labute approximate surface area is 142 Å². The number of ether oxygens (including phenoxy) is 1. The average molecular weight is 347 g/mol. The first-order valence-electron chi connectivity index (χ1n) is 7.72. The molecule has 0 aliphatic carbocycles. The van der Waals surface area contributed by atoms with Crippen LogP contribution in [0.15, 0.2) is 54.6 Å². The van der Waals surface area contributed by atoms with Gasteiger partial charge in [0.25, 0.3) is 0 Å². The Kier molecular flexibility index (Phi) is 6.37.